The average molecular weight is 221 g/mol. The van der Waals surface area contributed by atoms with E-state index in [1.807, 2.05) is 0 Å². The summed E-state index contributed by atoms with van der Waals surface area (Å²) < 4.78 is 19.0. The van der Waals surface area contributed by atoms with Gasteiger partial charge in [0, 0.05) is 0 Å². The van der Waals surface area contributed by atoms with Crippen molar-refractivity contribution in [2.45, 2.75) is 6.92 Å². The van der Waals surface area contributed by atoms with Crippen LogP contribution >= 0.6 is 0 Å². The standard InChI is InChI=1S/C11H12FN3O/c1-6-3-7(12)10(9(4-6)16-2)11-8(13)5-14-15-11/h3-5H,13H2,1-2H3,(H,14,15). The Labute approximate surface area is 92.2 Å². The lowest BCUT2D eigenvalue weighted by Crippen LogP contribution is -1.96. The number of ether oxygens (including phenoxy) is 1. The molecule has 3 N–H and O–H groups in total. The van der Waals surface area contributed by atoms with Crippen LogP contribution in [0.4, 0.5) is 10.1 Å². The molecule has 0 bridgehead atoms. The van der Waals surface area contributed by atoms with E-state index in [1.165, 1.54) is 19.4 Å². The minimum atomic E-state index is -0.382. The fourth-order valence-corrected chi connectivity index (χ4v) is 1.61. The molecule has 2 rings (SSSR count). The Morgan fingerprint density at radius 3 is 2.75 bits per heavy atom. The molecule has 0 unspecified atom stereocenters. The number of methoxy groups -OCH3 is 1. The van der Waals surface area contributed by atoms with Crippen molar-refractivity contribution in [1.82, 2.24) is 10.2 Å². The maximum Gasteiger partial charge on any atom is 0.136 e. The molecule has 0 spiro atoms. The predicted octanol–water partition coefficient (Wildman–Crippen LogP) is 2.12. The molecule has 2 aromatic rings. The Balaban J connectivity index is 2.69. The topological polar surface area (TPSA) is 63.9 Å². The van der Waals surface area contributed by atoms with Crippen LogP contribution in [0.5, 0.6) is 5.75 Å². The van der Waals surface area contributed by atoms with Crippen LogP contribution in [0.1, 0.15) is 5.56 Å². The van der Waals surface area contributed by atoms with E-state index in [-0.39, 0.29) is 5.82 Å². The maximum absolute atomic E-state index is 13.9. The minimum Gasteiger partial charge on any atom is -0.496 e. The van der Waals surface area contributed by atoms with E-state index in [0.717, 1.165) is 5.56 Å². The van der Waals surface area contributed by atoms with E-state index < -0.39 is 0 Å². The number of aromatic amines is 1. The lowest BCUT2D eigenvalue weighted by Gasteiger charge is -2.09. The first-order chi connectivity index (χ1) is 7.63. The molecule has 16 heavy (non-hydrogen) atoms. The van der Waals surface area contributed by atoms with Crippen molar-refractivity contribution < 1.29 is 9.13 Å². The number of hydrogen-bond acceptors (Lipinski definition) is 3. The summed E-state index contributed by atoms with van der Waals surface area (Å²) in [5, 5.41) is 6.43. The summed E-state index contributed by atoms with van der Waals surface area (Å²) in [7, 11) is 1.49. The summed E-state index contributed by atoms with van der Waals surface area (Å²) in [5.41, 5.74) is 7.61. The number of nitrogen functional groups attached to an aromatic ring is 1. The fourth-order valence-electron chi connectivity index (χ4n) is 1.61. The largest absolute Gasteiger partial charge is 0.496 e. The predicted molar refractivity (Wildman–Crippen MR) is 59.7 cm³/mol. The molecule has 0 aliphatic heterocycles. The van der Waals surface area contributed by atoms with Gasteiger partial charge in [-0.3, -0.25) is 5.10 Å². The third-order valence-corrected chi connectivity index (χ3v) is 2.34. The number of halogens is 1. The molecule has 0 atom stereocenters. The first kappa shape index (κ1) is 10.5. The third-order valence-electron chi connectivity index (χ3n) is 2.34. The number of aryl methyl sites for hydroxylation is 1. The first-order valence-electron chi connectivity index (χ1n) is 4.77. The summed E-state index contributed by atoms with van der Waals surface area (Å²) >= 11 is 0. The second kappa shape index (κ2) is 3.84. The van der Waals surface area contributed by atoms with Gasteiger partial charge in [0.2, 0.25) is 0 Å². The zero-order valence-corrected chi connectivity index (χ0v) is 9.04. The van der Waals surface area contributed by atoms with Crippen molar-refractivity contribution >= 4 is 5.69 Å². The summed E-state index contributed by atoms with van der Waals surface area (Å²) in [5.74, 6) is 0.0567. The number of nitrogens with zero attached hydrogens (tertiary/aromatic N) is 1. The van der Waals surface area contributed by atoms with Gasteiger partial charge in [0.25, 0.3) is 0 Å². The number of H-pyrrole nitrogens is 1. The number of anilines is 1. The Kier molecular flexibility index (Phi) is 2.52. The van der Waals surface area contributed by atoms with Gasteiger partial charge in [-0.2, -0.15) is 5.10 Å². The molecular weight excluding hydrogens is 209 g/mol. The SMILES string of the molecule is COc1cc(C)cc(F)c1-c1[nH]ncc1N. The fraction of sp³-hybridized carbons (Fsp3) is 0.182. The molecule has 0 amide bonds. The van der Waals surface area contributed by atoms with E-state index in [0.29, 0.717) is 22.7 Å². The van der Waals surface area contributed by atoms with Crippen LogP contribution in [0.25, 0.3) is 11.3 Å². The van der Waals surface area contributed by atoms with Crippen LogP contribution in [0.15, 0.2) is 18.3 Å². The van der Waals surface area contributed by atoms with Gasteiger partial charge in [-0.05, 0) is 24.6 Å². The second-order valence-electron chi connectivity index (χ2n) is 3.52. The van der Waals surface area contributed by atoms with Gasteiger partial charge in [0.15, 0.2) is 0 Å². The van der Waals surface area contributed by atoms with Gasteiger partial charge in [0.05, 0.1) is 30.3 Å². The van der Waals surface area contributed by atoms with Crippen molar-refractivity contribution in [2.75, 3.05) is 12.8 Å². The van der Waals surface area contributed by atoms with Crippen molar-refractivity contribution in [3.8, 4) is 17.0 Å². The van der Waals surface area contributed by atoms with E-state index in [2.05, 4.69) is 10.2 Å². The molecule has 1 heterocycles. The summed E-state index contributed by atoms with van der Waals surface area (Å²) in [6.45, 7) is 1.80. The molecule has 0 saturated carbocycles. The van der Waals surface area contributed by atoms with Crippen LogP contribution in [0.2, 0.25) is 0 Å². The average Bonchev–Trinajstić information content (AvgIpc) is 2.63. The third kappa shape index (κ3) is 1.60. The zero-order chi connectivity index (χ0) is 11.7. The number of hydrogen-bond donors (Lipinski definition) is 2. The van der Waals surface area contributed by atoms with Crippen molar-refractivity contribution in [2.24, 2.45) is 0 Å². The number of benzene rings is 1. The highest BCUT2D eigenvalue weighted by Crippen LogP contribution is 2.35. The lowest BCUT2D eigenvalue weighted by atomic mass is 10.1. The van der Waals surface area contributed by atoms with Gasteiger partial charge in [-0.15, -0.1) is 0 Å². The van der Waals surface area contributed by atoms with Crippen LogP contribution in [-0.4, -0.2) is 17.3 Å². The molecule has 4 nitrogen and oxygen atoms in total. The van der Waals surface area contributed by atoms with Gasteiger partial charge < -0.3 is 10.5 Å². The van der Waals surface area contributed by atoms with E-state index in [9.17, 15) is 4.39 Å². The van der Waals surface area contributed by atoms with Crippen molar-refractivity contribution in [3.05, 3.63) is 29.7 Å². The number of rotatable bonds is 2. The molecular formula is C11H12FN3O. The highest BCUT2D eigenvalue weighted by Gasteiger charge is 2.16. The van der Waals surface area contributed by atoms with E-state index in [4.69, 9.17) is 10.5 Å². The number of nitrogens with one attached hydrogen (secondary N) is 1. The van der Waals surface area contributed by atoms with Crippen LogP contribution in [0.3, 0.4) is 0 Å². The molecule has 1 aromatic heterocycles. The van der Waals surface area contributed by atoms with Gasteiger partial charge >= 0.3 is 0 Å². The summed E-state index contributed by atoms with van der Waals surface area (Å²) in [6.07, 6.45) is 1.44. The van der Waals surface area contributed by atoms with Crippen LogP contribution in [-0.2, 0) is 0 Å². The number of nitrogens with two attached hydrogens (primary N) is 1. The summed E-state index contributed by atoms with van der Waals surface area (Å²) in [6, 6.07) is 3.18. The highest BCUT2D eigenvalue weighted by molar-refractivity contribution is 5.77. The van der Waals surface area contributed by atoms with E-state index >= 15 is 0 Å². The highest BCUT2D eigenvalue weighted by atomic mass is 19.1. The number of aromatic nitrogens is 2. The monoisotopic (exact) mass is 221 g/mol. The normalized spacial score (nSPS) is 10.4. The van der Waals surface area contributed by atoms with E-state index in [1.54, 1.807) is 13.0 Å². The molecule has 0 saturated heterocycles. The smallest absolute Gasteiger partial charge is 0.136 e. The first-order valence-corrected chi connectivity index (χ1v) is 4.77. The van der Waals surface area contributed by atoms with Gasteiger partial charge in [-0.1, -0.05) is 0 Å². The molecule has 0 aliphatic rings. The molecule has 5 heteroatoms. The quantitative estimate of drug-likeness (QED) is 0.816. The molecule has 0 aliphatic carbocycles. The van der Waals surface area contributed by atoms with Gasteiger partial charge in [0.1, 0.15) is 11.6 Å². The maximum atomic E-state index is 13.9. The van der Waals surface area contributed by atoms with Gasteiger partial charge in [-0.25, -0.2) is 4.39 Å². The molecule has 84 valence electrons. The lowest BCUT2D eigenvalue weighted by molar-refractivity contribution is 0.413. The Bertz CT molecular complexity index is 522. The molecule has 0 fully saturated rings. The molecule has 0 radical (unpaired) electrons. The van der Waals surface area contributed by atoms with Crippen molar-refractivity contribution in [3.63, 3.8) is 0 Å². The Morgan fingerprint density at radius 1 is 1.44 bits per heavy atom. The summed E-state index contributed by atoms with van der Waals surface area (Å²) in [4.78, 5) is 0. The van der Waals surface area contributed by atoms with Crippen molar-refractivity contribution in [1.29, 1.82) is 0 Å². The molecule has 1 aromatic carbocycles. The van der Waals surface area contributed by atoms with Crippen LogP contribution in [0, 0.1) is 12.7 Å². The minimum absolute atomic E-state index is 0.308. The Morgan fingerprint density at radius 2 is 2.19 bits per heavy atom. The zero-order valence-electron chi connectivity index (χ0n) is 9.04. The van der Waals surface area contributed by atoms with Crippen LogP contribution < -0.4 is 10.5 Å². The second-order valence-corrected chi connectivity index (χ2v) is 3.52. The Hall–Kier alpha value is -2.04.